The Morgan fingerprint density at radius 2 is 2.24 bits per heavy atom. The lowest BCUT2D eigenvalue weighted by molar-refractivity contribution is 0.0955. The first-order chi connectivity index (χ1) is 7.79. The molecule has 0 aliphatic rings. The fourth-order valence-electron chi connectivity index (χ4n) is 1.54. The first kappa shape index (κ1) is 14.5. The summed E-state index contributed by atoms with van der Waals surface area (Å²) < 4.78 is 0. The van der Waals surface area contributed by atoms with Crippen LogP contribution in [0.4, 0.5) is 0 Å². The van der Waals surface area contributed by atoms with E-state index in [-0.39, 0.29) is 16.7 Å². The van der Waals surface area contributed by atoms with E-state index < -0.39 is 0 Å². The summed E-state index contributed by atoms with van der Waals surface area (Å²) in [4.78, 5) is 16.5. The third kappa shape index (κ3) is 5.04. The van der Waals surface area contributed by atoms with Crippen LogP contribution in [-0.2, 0) is 0 Å². The van der Waals surface area contributed by atoms with Crippen molar-refractivity contribution in [2.24, 2.45) is 5.41 Å². The van der Waals surface area contributed by atoms with Gasteiger partial charge in [-0.05, 0) is 18.8 Å². The van der Waals surface area contributed by atoms with Gasteiger partial charge in [0.2, 0.25) is 0 Å². The second-order valence-electron chi connectivity index (χ2n) is 5.34. The molecule has 1 aromatic heterocycles. The Morgan fingerprint density at radius 3 is 2.71 bits per heavy atom. The van der Waals surface area contributed by atoms with Crippen LogP contribution >= 0.6 is 22.9 Å². The van der Waals surface area contributed by atoms with Crippen LogP contribution in [-0.4, -0.2) is 22.8 Å². The Kier molecular flexibility index (Phi) is 4.95. The van der Waals surface area contributed by atoms with E-state index in [4.69, 9.17) is 11.6 Å². The summed E-state index contributed by atoms with van der Waals surface area (Å²) in [5, 5.41) is 2.81. The van der Waals surface area contributed by atoms with Gasteiger partial charge >= 0.3 is 0 Å². The lowest BCUT2D eigenvalue weighted by Crippen LogP contribution is -2.31. The van der Waals surface area contributed by atoms with Crippen LogP contribution in [0.5, 0.6) is 0 Å². The monoisotopic (exact) mass is 274 g/mol. The van der Waals surface area contributed by atoms with Gasteiger partial charge in [0.05, 0.1) is 16.6 Å². The van der Waals surface area contributed by atoms with Gasteiger partial charge in [0.25, 0.3) is 5.91 Å². The van der Waals surface area contributed by atoms with Crippen molar-refractivity contribution in [3.05, 3.63) is 16.1 Å². The predicted molar refractivity (Wildman–Crippen MR) is 72.9 cm³/mol. The molecular formula is C12H19ClN2OS. The van der Waals surface area contributed by atoms with Gasteiger partial charge in [-0.2, -0.15) is 0 Å². The summed E-state index contributed by atoms with van der Waals surface area (Å²) in [7, 11) is 0. The Morgan fingerprint density at radius 1 is 1.59 bits per heavy atom. The number of aromatic nitrogens is 1. The number of carbonyl (C=O) groups excluding carboxylic acids is 1. The fourth-order valence-corrected chi connectivity index (χ4v) is 2.80. The van der Waals surface area contributed by atoms with E-state index in [1.54, 1.807) is 5.51 Å². The molecule has 0 fully saturated rings. The number of carbonyl (C=O) groups is 1. The zero-order chi connectivity index (χ0) is 13.1. The van der Waals surface area contributed by atoms with E-state index in [0.717, 1.165) is 12.1 Å². The van der Waals surface area contributed by atoms with E-state index >= 15 is 0 Å². The van der Waals surface area contributed by atoms with Crippen molar-refractivity contribution in [1.29, 1.82) is 0 Å². The molecule has 1 aromatic rings. The number of rotatable bonds is 4. The maximum Gasteiger partial charge on any atom is 0.263 e. The lowest BCUT2D eigenvalue weighted by atomic mass is 9.90. The van der Waals surface area contributed by atoms with E-state index in [1.165, 1.54) is 11.3 Å². The van der Waals surface area contributed by atoms with E-state index in [1.807, 2.05) is 6.92 Å². The molecule has 0 aromatic carbocycles. The smallest absolute Gasteiger partial charge is 0.263 e. The number of thiazole rings is 1. The third-order valence-corrected chi connectivity index (χ3v) is 3.51. The van der Waals surface area contributed by atoms with Crippen molar-refractivity contribution in [3.8, 4) is 0 Å². The van der Waals surface area contributed by atoms with Crippen LogP contribution < -0.4 is 5.32 Å². The number of aryl methyl sites for hydroxylation is 1. The second kappa shape index (κ2) is 5.83. The fraction of sp³-hybridized carbons (Fsp3) is 0.667. The molecule has 1 N–H and O–H groups in total. The molecule has 0 bridgehead atoms. The molecule has 17 heavy (non-hydrogen) atoms. The minimum absolute atomic E-state index is 0.0350. The minimum atomic E-state index is -0.0791. The number of hydrogen-bond acceptors (Lipinski definition) is 3. The van der Waals surface area contributed by atoms with Crippen LogP contribution in [0.3, 0.4) is 0 Å². The van der Waals surface area contributed by atoms with Gasteiger partial charge in [0.1, 0.15) is 4.88 Å². The summed E-state index contributed by atoms with van der Waals surface area (Å²) >= 11 is 7.54. The highest BCUT2D eigenvalue weighted by molar-refractivity contribution is 7.11. The maximum absolute atomic E-state index is 11.8. The average molecular weight is 275 g/mol. The van der Waals surface area contributed by atoms with E-state index in [0.29, 0.717) is 11.4 Å². The second-order valence-corrected chi connectivity index (χ2v) is 6.81. The Labute approximate surface area is 112 Å². The van der Waals surface area contributed by atoms with Gasteiger partial charge < -0.3 is 5.32 Å². The average Bonchev–Trinajstić information content (AvgIpc) is 2.58. The number of alkyl halides is 1. The highest BCUT2D eigenvalue weighted by Gasteiger charge is 2.18. The van der Waals surface area contributed by atoms with Crippen molar-refractivity contribution in [2.75, 3.05) is 6.54 Å². The summed E-state index contributed by atoms with van der Waals surface area (Å²) in [6.07, 6.45) is 0.872. The zero-order valence-electron chi connectivity index (χ0n) is 10.7. The Bertz CT molecular complexity index is 384. The minimum Gasteiger partial charge on any atom is -0.350 e. The third-order valence-electron chi connectivity index (χ3n) is 2.27. The van der Waals surface area contributed by atoms with Crippen LogP contribution in [0.2, 0.25) is 0 Å². The molecule has 1 rings (SSSR count). The summed E-state index contributed by atoms with van der Waals surface area (Å²) in [5.41, 5.74) is 2.63. The van der Waals surface area contributed by atoms with Gasteiger partial charge in [-0.15, -0.1) is 22.9 Å². The van der Waals surface area contributed by atoms with Gasteiger partial charge in [-0.3, -0.25) is 4.79 Å². The van der Waals surface area contributed by atoms with Crippen molar-refractivity contribution >= 4 is 28.8 Å². The number of amides is 1. The zero-order valence-corrected chi connectivity index (χ0v) is 12.3. The Balaban J connectivity index is 2.42. The molecule has 0 saturated heterocycles. The molecule has 0 spiro atoms. The largest absolute Gasteiger partial charge is 0.350 e. The van der Waals surface area contributed by atoms with Crippen LogP contribution in [0.1, 0.15) is 42.6 Å². The SMILES string of the molecule is Cc1ncsc1C(=O)NCC(Cl)CC(C)(C)C. The molecular weight excluding hydrogens is 256 g/mol. The summed E-state index contributed by atoms with van der Waals surface area (Å²) in [5.74, 6) is -0.0791. The van der Waals surface area contributed by atoms with E-state index in [2.05, 4.69) is 31.1 Å². The number of nitrogens with one attached hydrogen (secondary N) is 1. The highest BCUT2D eigenvalue weighted by Crippen LogP contribution is 2.23. The molecule has 0 radical (unpaired) electrons. The molecule has 1 amide bonds. The van der Waals surface area contributed by atoms with Crippen molar-refractivity contribution in [1.82, 2.24) is 10.3 Å². The van der Waals surface area contributed by atoms with E-state index in [9.17, 15) is 4.79 Å². The first-order valence-corrected chi connectivity index (χ1v) is 6.93. The van der Waals surface area contributed by atoms with Crippen molar-refractivity contribution in [3.63, 3.8) is 0 Å². The molecule has 1 heterocycles. The molecule has 3 nitrogen and oxygen atoms in total. The van der Waals surface area contributed by atoms with Crippen LogP contribution in [0.15, 0.2) is 5.51 Å². The highest BCUT2D eigenvalue weighted by atomic mass is 35.5. The van der Waals surface area contributed by atoms with Gasteiger partial charge in [0, 0.05) is 6.54 Å². The van der Waals surface area contributed by atoms with Crippen LogP contribution in [0, 0.1) is 12.3 Å². The number of halogens is 1. The quantitative estimate of drug-likeness (QED) is 0.857. The lowest BCUT2D eigenvalue weighted by Gasteiger charge is -2.21. The molecule has 1 unspecified atom stereocenters. The van der Waals surface area contributed by atoms with Crippen LogP contribution in [0.25, 0.3) is 0 Å². The standard InChI is InChI=1S/C12H19ClN2OS/c1-8-10(17-7-15-8)11(16)14-6-9(13)5-12(2,3)4/h7,9H,5-6H2,1-4H3,(H,14,16). The molecule has 0 aliphatic carbocycles. The van der Waals surface area contributed by atoms with Crippen molar-refractivity contribution < 1.29 is 4.79 Å². The Hall–Kier alpha value is -0.610. The number of hydrogen-bond donors (Lipinski definition) is 1. The number of nitrogens with zero attached hydrogens (tertiary/aromatic N) is 1. The molecule has 0 aliphatic heterocycles. The van der Waals surface area contributed by atoms with Gasteiger partial charge in [0.15, 0.2) is 0 Å². The first-order valence-electron chi connectivity index (χ1n) is 5.62. The molecule has 1 atom stereocenters. The van der Waals surface area contributed by atoms with Gasteiger partial charge in [-0.25, -0.2) is 4.98 Å². The van der Waals surface area contributed by atoms with Crippen molar-refractivity contribution in [2.45, 2.75) is 39.5 Å². The summed E-state index contributed by atoms with van der Waals surface area (Å²) in [6.45, 7) is 8.74. The topological polar surface area (TPSA) is 42.0 Å². The molecule has 5 heteroatoms. The predicted octanol–water partition coefficient (Wildman–Crippen LogP) is 3.22. The normalized spacial score (nSPS) is 13.5. The molecule has 0 saturated carbocycles. The van der Waals surface area contributed by atoms with Gasteiger partial charge in [-0.1, -0.05) is 20.8 Å². The molecule has 96 valence electrons. The summed E-state index contributed by atoms with van der Waals surface area (Å²) in [6, 6.07) is 0. The maximum atomic E-state index is 11.8.